The number of halogens is 2. The lowest BCUT2D eigenvalue weighted by Gasteiger charge is -2.08. The number of hydrazine groups is 1. The van der Waals surface area contributed by atoms with Crippen LogP contribution in [-0.2, 0) is 16.0 Å². The van der Waals surface area contributed by atoms with E-state index in [1.54, 1.807) is 42.5 Å². The third-order valence-corrected chi connectivity index (χ3v) is 4.26. The zero-order chi connectivity index (χ0) is 16.7. The fraction of sp³-hybridized carbons (Fsp3) is 0.125. The number of nitrogens with one attached hydrogen (secondary N) is 2. The summed E-state index contributed by atoms with van der Waals surface area (Å²) in [6.45, 7) is 0. The van der Waals surface area contributed by atoms with Gasteiger partial charge < -0.3 is 0 Å². The minimum Gasteiger partial charge on any atom is -0.273 e. The van der Waals surface area contributed by atoms with Crippen molar-refractivity contribution in [3.05, 3.63) is 64.9 Å². The molecule has 2 amide bonds. The Morgan fingerprint density at radius 2 is 1.65 bits per heavy atom. The van der Waals surface area contributed by atoms with E-state index < -0.39 is 5.91 Å². The smallest absolute Gasteiger partial charge is 0.248 e. The Bertz CT molecular complexity index is 712. The van der Waals surface area contributed by atoms with Crippen LogP contribution in [0.15, 0.2) is 53.4 Å². The van der Waals surface area contributed by atoms with Crippen LogP contribution >= 0.6 is 23.4 Å². The van der Waals surface area contributed by atoms with Gasteiger partial charge >= 0.3 is 0 Å². The number of carbonyl (C=O) groups is 2. The molecule has 2 aromatic rings. The lowest BCUT2D eigenvalue weighted by Crippen LogP contribution is -2.43. The van der Waals surface area contributed by atoms with Crippen molar-refractivity contribution < 1.29 is 14.0 Å². The summed E-state index contributed by atoms with van der Waals surface area (Å²) in [5.41, 5.74) is 5.26. The summed E-state index contributed by atoms with van der Waals surface area (Å²) in [5.74, 6) is -1.20. The van der Waals surface area contributed by atoms with Crippen LogP contribution in [0.3, 0.4) is 0 Å². The van der Waals surface area contributed by atoms with Crippen molar-refractivity contribution in [3.63, 3.8) is 0 Å². The van der Waals surface area contributed by atoms with Gasteiger partial charge in [-0.3, -0.25) is 20.4 Å². The first kappa shape index (κ1) is 17.3. The Kier molecular flexibility index (Phi) is 6.43. The summed E-state index contributed by atoms with van der Waals surface area (Å²) in [5, 5.41) is 0.490. The van der Waals surface area contributed by atoms with E-state index in [2.05, 4.69) is 10.9 Å². The molecule has 0 heterocycles. The first-order chi connectivity index (χ1) is 11.1. The van der Waals surface area contributed by atoms with Crippen molar-refractivity contribution in [1.29, 1.82) is 0 Å². The number of amides is 2. The second-order valence-electron chi connectivity index (χ2n) is 4.58. The molecule has 0 radical (unpaired) electrons. The van der Waals surface area contributed by atoms with Crippen LogP contribution in [-0.4, -0.2) is 17.6 Å². The molecule has 0 aromatic heterocycles. The van der Waals surface area contributed by atoms with E-state index >= 15 is 0 Å². The predicted molar refractivity (Wildman–Crippen MR) is 88.6 cm³/mol. The maximum absolute atomic E-state index is 13.4. The van der Waals surface area contributed by atoms with E-state index in [1.807, 2.05) is 0 Å². The standard InChI is InChI=1S/C16H14ClFN2O2S/c17-12-6-2-1-5-11(12)9-15(21)19-20-16(22)10-23-14-8-4-3-7-13(14)18/h1-8H,9-10H2,(H,19,21)(H,20,22). The van der Waals surface area contributed by atoms with Gasteiger partial charge in [0.25, 0.3) is 0 Å². The molecule has 0 atom stereocenters. The summed E-state index contributed by atoms with van der Waals surface area (Å²) >= 11 is 7.01. The zero-order valence-corrected chi connectivity index (χ0v) is 13.6. The molecule has 23 heavy (non-hydrogen) atoms. The molecule has 2 N–H and O–H groups in total. The molecule has 120 valence electrons. The normalized spacial score (nSPS) is 10.2. The maximum Gasteiger partial charge on any atom is 0.248 e. The molecular weight excluding hydrogens is 339 g/mol. The Balaban J connectivity index is 1.75. The summed E-state index contributed by atoms with van der Waals surface area (Å²) in [7, 11) is 0. The van der Waals surface area contributed by atoms with Crippen molar-refractivity contribution in [1.82, 2.24) is 10.9 Å². The topological polar surface area (TPSA) is 58.2 Å². The number of benzene rings is 2. The fourth-order valence-corrected chi connectivity index (χ4v) is 2.68. The SMILES string of the molecule is O=C(CSc1ccccc1F)NNC(=O)Cc1ccccc1Cl. The molecule has 4 nitrogen and oxygen atoms in total. The summed E-state index contributed by atoms with van der Waals surface area (Å²) < 4.78 is 13.4. The largest absolute Gasteiger partial charge is 0.273 e. The highest BCUT2D eigenvalue weighted by Gasteiger charge is 2.09. The van der Waals surface area contributed by atoms with Crippen molar-refractivity contribution >= 4 is 35.2 Å². The van der Waals surface area contributed by atoms with E-state index in [4.69, 9.17) is 11.6 Å². The molecule has 0 bridgehead atoms. The van der Waals surface area contributed by atoms with Gasteiger partial charge in [-0.25, -0.2) is 4.39 Å². The van der Waals surface area contributed by atoms with Gasteiger partial charge in [0.15, 0.2) is 0 Å². The highest BCUT2D eigenvalue weighted by atomic mass is 35.5. The van der Waals surface area contributed by atoms with Crippen molar-refractivity contribution in [3.8, 4) is 0 Å². The van der Waals surface area contributed by atoms with Crippen molar-refractivity contribution in [2.24, 2.45) is 0 Å². The number of thioether (sulfide) groups is 1. The average Bonchev–Trinajstić information content (AvgIpc) is 2.54. The van der Waals surface area contributed by atoms with Crippen molar-refractivity contribution in [2.75, 3.05) is 5.75 Å². The van der Waals surface area contributed by atoms with Crippen LogP contribution in [0.1, 0.15) is 5.56 Å². The van der Waals surface area contributed by atoms with Gasteiger partial charge in [0.2, 0.25) is 11.8 Å². The molecule has 0 saturated heterocycles. The Labute approximate surface area is 142 Å². The average molecular weight is 353 g/mol. The Morgan fingerprint density at radius 3 is 2.39 bits per heavy atom. The highest BCUT2D eigenvalue weighted by Crippen LogP contribution is 2.20. The van der Waals surface area contributed by atoms with Crippen LogP contribution in [0.5, 0.6) is 0 Å². The molecule has 7 heteroatoms. The minimum atomic E-state index is -0.425. The molecule has 2 aromatic carbocycles. The monoisotopic (exact) mass is 352 g/mol. The summed E-state index contributed by atoms with van der Waals surface area (Å²) in [4.78, 5) is 23.8. The van der Waals surface area contributed by atoms with Crippen LogP contribution in [0.4, 0.5) is 4.39 Å². The van der Waals surface area contributed by atoms with E-state index in [9.17, 15) is 14.0 Å². The highest BCUT2D eigenvalue weighted by molar-refractivity contribution is 8.00. The van der Waals surface area contributed by atoms with Gasteiger partial charge in [-0.05, 0) is 23.8 Å². The van der Waals surface area contributed by atoms with E-state index in [1.165, 1.54) is 6.07 Å². The van der Waals surface area contributed by atoms with Gasteiger partial charge in [0.1, 0.15) is 5.82 Å². The summed E-state index contributed by atoms with van der Waals surface area (Å²) in [6.07, 6.45) is 0.0560. The predicted octanol–water partition coefficient (Wildman–Crippen LogP) is 2.96. The molecule has 0 fully saturated rings. The second-order valence-corrected chi connectivity index (χ2v) is 6.01. The van der Waals surface area contributed by atoms with Crippen LogP contribution < -0.4 is 10.9 Å². The quantitative estimate of drug-likeness (QED) is 0.642. The Morgan fingerprint density at radius 1 is 1.00 bits per heavy atom. The van der Waals surface area contributed by atoms with Crippen LogP contribution in [0.2, 0.25) is 5.02 Å². The van der Waals surface area contributed by atoms with Gasteiger partial charge in [-0.15, -0.1) is 11.8 Å². The molecule has 0 unspecified atom stereocenters. The number of hydrogen-bond acceptors (Lipinski definition) is 3. The second kappa shape index (κ2) is 8.55. The van der Waals surface area contributed by atoms with Crippen LogP contribution in [0, 0.1) is 5.82 Å². The van der Waals surface area contributed by atoms with E-state index in [0.717, 1.165) is 11.8 Å². The molecule has 0 aliphatic heterocycles. The Hall–Kier alpha value is -2.05. The fourth-order valence-electron chi connectivity index (χ4n) is 1.74. The van der Waals surface area contributed by atoms with Crippen molar-refractivity contribution in [2.45, 2.75) is 11.3 Å². The molecule has 0 aliphatic carbocycles. The van der Waals surface area contributed by atoms with E-state index in [0.29, 0.717) is 15.5 Å². The number of rotatable bonds is 5. The van der Waals surface area contributed by atoms with Gasteiger partial charge in [0.05, 0.1) is 12.2 Å². The molecular formula is C16H14ClFN2O2S. The first-order valence-electron chi connectivity index (χ1n) is 6.74. The van der Waals surface area contributed by atoms with E-state index in [-0.39, 0.29) is 23.9 Å². The van der Waals surface area contributed by atoms with Gasteiger partial charge in [-0.1, -0.05) is 41.9 Å². The molecule has 0 spiro atoms. The lowest BCUT2D eigenvalue weighted by atomic mass is 10.1. The summed E-state index contributed by atoms with van der Waals surface area (Å²) in [6, 6.07) is 13.1. The maximum atomic E-state index is 13.4. The lowest BCUT2D eigenvalue weighted by molar-refractivity contribution is -0.127. The minimum absolute atomic E-state index is 0.00664. The molecule has 0 aliphatic rings. The van der Waals surface area contributed by atoms with Gasteiger partial charge in [0, 0.05) is 9.92 Å². The third kappa shape index (κ3) is 5.58. The third-order valence-electron chi connectivity index (χ3n) is 2.85. The zero-order valence-electron chi connectivity index (χ0n) is 12.0. The van der Waals surface area contributed by atoms with Gasteiger partial charge in [-0.2, -0.15) is 0 Å². The molecule has 2 rings (SSSR count). The molecule has 0 saturated carbocycles. The van der Waals surface area contributed by atoms with Crippen LogP contribution in [0.25, 0.3) is 0 Å². The first-order valence-corrected chi connectivity index (χ1v) is 8.11. The number of carbonyl (C=O) groups excluding carboxylic acids is 2. The number of hydrogen-bond donors (Lipinski definition) is 2.